The Hall–Kier alpha value is -2.64. The van der Waals surface area contributed by atoms with Gasteiger partial charge in [-0.25, -0.2) is 9.78 Å². The molecule has 0 radical (unpaired) electrons. The number of thioether (sulfide) groups is 1. The van der Waals surface area contributed by atoms with Crippen LogP contribution < -0.4 is 27.4 Å². The Morgan fingerprint density at radius 1 is 1.12 bits per heavy atom. The van der Waals surface area contributed by atoms with Crippen LogP contribution >= 0.6 is 11.8 Å². The van der Waals surface area contributed by atoms with Crippen molar-refractivity contribution in [1.82, 2.24) is 25.9 Å². The van der Waals surface area contributed by atoms with E-state index in [1.165, 1.54) is 31.2 Å². The van der Waals surface area contributed by atoms with Gasteiger partial charge in [0.05, 0.1) is 12.4 Å². The third kappa shape index (κ3) is 9.66. The summed E-state index contributed by atoms with van der Waals surface area (Å²) in [5.41, 5.74) is 11.8. The Bertz CT molecular complexity index is 746. The molecule has 0 aliphatic rings. The molecule has 0 aliphatic carbocycles. The first kappa shape index (κ1) is 27.4. The lowest BCUT2D eigenvalue weighted by Crippen LogP contribution is -2.57. The van der Waals surface area contributed by atoms with E-state index in [1.807, 2.05) is 6.26 Å². The van der Waals surface area contributed by atoms with Gasteiger partial charge in [0, 0.05) is 24.1 Å². The summed E-state index contributed by atoms with van der Waals surface area (Å²) in [7, 11) is 0. The molecule has 1 rings (SSSR count). The summed E-state index contributed by atoms with van der Waals surface area (Å²) >= 11 is 1.40. The van der Waals surface area contributed by atoms with Crippen LogP contribution in [0.1, 0.15) is 31.9 Å². The summed E-state index contributed by atoms with van der Waals surface area (Å²) < 4.78 is 0. The Morgan fingerprint density at radius 3 is 2.38 bits per heavy atom. The standard InChI is InChI=1S/C19H33N7O5S/c1-11(16(27)25-14(19(30)31)5-3-4-6-20)24-18(29)15(7-12-8-22-10-23-12)26-17(28)13(21)9-32-2/h8,10-11,13-15H,3-7,9,20-21H2,1-2H3,(H,22,23)(H,24,29)(H,25,27)(H,26,28)(H,30,31)/t11-,13-,14-,15-/m0/s1. The van der Waals surface area contributed by atoms with Gasteiger partial charge in [0.1, 0.15) is 18.1 Å². The summed E-state index contributed by atoms with van der Waals surface area (Å²) in [6, 6.07) is -3.92. The van der Waals surface area contributed by atoms with Crippen molar-refractivity contribution in [3.8, 4) is 0 Å². The molecule has 0 saturated carbocycles. The number of unbranched alkanes of at least 4 members (excludes halogenated alkanes) is 1. The average molecular weight is 472 g/mol. The zero-order chi connectivity index (χ0) is 24.1. The van der Waals surface area contributed by atoms with Crippen molar-refractivity contribution in [3.63, 3.8) is 0 Å². The van der Waals surface area contributed by atoms with E-state index in [2.05, 4.69) is 25.9 Å². The van der Waals surface area contributed by atoms with Gasteiger partial charge in [-0.3, -0.25) is 14.4 Å². The SMILES string of the molecule is CSC[C@H](N)C(=O)N[C@@H](Cc1cnc[nH]1)C(=O)N[C@@H](C)C(=O)N[C@@H](CCCCN)C(=O)O. The van der Waals surface area contributed by atoms with Crippen LogP contribution in [0.2, 0.25) is 0 Å². The van der Waals surface area contributed by atoms with Crippen molar-refractivity contribution < 1.29 is 24.3 Å². The van der Waals surface area contributed by atoms with E-state index in [0.717, 1.165) is 0 Å². The normalized spacial score (nSPS) is 14.6. The minimum absolute atomic E-state index is 0.106. The number of carboxylic acids is 1. The quantitative estimate of drug-likeness (QED) is 0.146. The first-order valence-electron chi connectivity index (χ1n) is 10.2. The van der Waals surface area contributed by atoms with Gasteiger partial charge in [-0.15, -0.1) is 0 Å². The number of carbonyl (C=O) groups is 4. The van der Waals surface area contributed by atoms with Crippen molar-refractivity contribution in [2.45, 2.75) is 56.8 Å². The number of carbonyl (C=O) groups excluding carboxylic acids is 3. The minimum atomic E-state index is -1.17. The van der Waals surface area contributed by atoms with E-state index in [0.29, 0.717) is 30.8 Å². The monoisotopic (exact) mass is 471 g/mol. The number of nitrogens with two attached hydrogens (primary N) is 2. The number of nitrogens with zero attached hydrogens (tertiary/aromatic N) is 1. The number of rotatable bonds is 15. The number of aromatic amines is 1. The lowest BCUT2D eigenvalue weighted by atomic mass is 10.1. The molecule has 180 valence electrons. The molecular weight excluding hydrogens is 438 g/mol. The third-order valence-electron chi connectivity index (χ3n) is 4.61. The van der Waals surface area contributed by atoms with Crippen molar-refractivity contribution >= 4 is 35.5 Å². The van der Waals surface area contributed by atoms with Crippen LogP contribution in [-0.2, 0) is 25.6 Å². The number of imidazole rings is 1. The molecule has 0 bridgehead atoms. The largest absolute Gasteiger partial charge is 0.480 e. The number of hydrogen-bond acceptors (Lipinski definition) is 8. The fourth-order valence-corrected chi connectivity index (χ4v) is 3.30. The van der Waals surface area contributed by atoms with E-state index in [4.69, 9.17) is 11.5 Å². The molecule has 0 saturated heterocycles. The van der Waals surface area contributed by atoms with E-state index < -0.39 is 47.9 Å². The second-order valence-corrected chi connectivity index (χ2v) is 8.23. The summed E-state index contributed by atoms with van der Waals surface area (Å²) in [6.45, 7) is 1.86. The molecule has 13 heteroatoms. The topological polar surface area (TPSA) is 205 Å². The fourth-order valence-electron chi connectivity index (χ4n) is 2.79. The zero-order valence-electron chi connectivity index (χ0n) is 18.3. The fraction of sp³-hybridized carbons (Fsp3) is 0.632. The zero-order valence-corrected chi connectivity index (χ0v) is 19.1. The number of nitrogens with one attached hydrogen (secondary N) is 4. The van der Waals surface area contributed by atoms with Crippen LogP contribution in [0.15, 0.2) is 12.5 Å². The van der Waals surface area contributed by atoms with Crippen molar-refractivity contribution in [3.05, 3.63) is 18.2 Å². The van der Waals surface area contributed by atoms with Gasteiger partial charge in [0.25, 0.3) is 0 Å². The van der Waals surface area contributed by atoms with Gasteiger partial charge < -0.3 is 37.5 Å². The first-order valence-corrected chi connectivity index (χ1v) is 11.6. The highest BCUT2D eigenvalue weighted by molar-refractivity contribution is 7.98. The predicted molar refractivity (Wildman–Crippen MR) is 121 cm³/mol. The molecule has 4 atom stereocenters. The van der Waals surface area contributed by atoms with Crippen molar-refractivity contribution in [2.75, 3.05) is 18.6 Å². The lowest BCUT2D eigenvalue weighted by Gasteiger charge is -2.23. The molecule has 0 aromatic carbocycles. The highest BCUT2D eigenvalue weighted by atomic mass is 32.2. The Kier molecular flexibility index (Phi) is 12.4. The average Bonchev–Trinajstić information content (AvgIpc) is 3.25. The van der Waals surface area contributed by atoms with Crippen molar-refractivity contribution in [2.24, 2.45) is 11.5 Å². The Morgan fingerprint density at radius 2 is 1.81 bits per heavy atom. The number of aliphatic carboxylic acids is 1. The third-order valence-corrected chi connectivity index (χ3v) is 5.30. The second kappa shape index (κ2) is 14.4. The van der Waals surface area contributed by atoms with Crippen LogP contribution in [0, 0.1) is 0 Å². The molecule has 32 heavy (non-hydrogen) atoms. The van der Waals surface area contributed by atoms with Gasteiger partial charge >= 0.3 is 5.97 Å². The van der Waals surface area contributed by atoms with E-state index in [1.54, 1.807) is 0 Å². The summed E-state index contributed by atoms with van der Waals surface area (Å²) in [4.78, 5) is 55.7. The van der Waals surface area contributed by atoms with E-state index in [-0.39, 0.29) is 12.8 Å². The summed E-state index contributed by atoms with van der Waals surface area (Å²) in [6.07, 6.45) is 6.28. The number of hydrogen-bond donors (Lipinski definition) is 7. The molecule has 0 spiro atoms. The molecule has 1 aromatic heterocycles. The smallest absolute Gasteiger partial charge is 0.326 e. The Labute approximate surface area is 191 Å². The Balaban J connectivity index is 2.77. The van der Waals surface area contributed by atoms with Crippen LogP contribution in [0.5, 0.6) is 0 Å². The van der Waals surface area contributed by atoms with Crippen LogP contribution in [0.25, 0.3) is 0 Å². The number of carboxylic acid groups (broad SMARTS) is 1. The maximum atomic E-state index is 12.8. The highest BCUT2D eigenvalue weighted by Crippen LogP contribution is 2.04. The summed E-state index contributed by atoms with van der Waals surface area (Å²) in [5, 5.41) is 16.9. The molecular formula is C19H33N7O5S. The minimum Gasteiger partial charge on any atom is -0.480 e. The van der Waals surface area contributed by atoms with Gasteiger partial charge in [-0.1, -0.05) is 0 Å². The molecule has 3 amide bonds. The molecule has 1 heterocycles. The number of aromatic nitrogens is 2. The van der Waals surface area contributed by atoms with Crippen molar-refractivity contribution in [1.29, 1.82) is 0 Å². The van der Waals surface area contributed by atoms with Gasteiger partial charge in [-0.05, 0) is 39.0 Å². The first-order chi connectivity index (χ1) is 15.2. The van der Waals surface area contributed by atoms with E-state index >= 15 is 0 Å². The molecule has 0 aliphatic heterocycles. The molecule has 12 nitrogen and oxygen atoms in total. The van der Waals surface area contributed by atoms with Gasteiger partial charge in [0.2, 0.25) is 17.7 Å². The van der Waals surface area contributed by atoms with Gasteiger partial charge in [-0.2, -0.15) is 11.8 Å². The van der Waals surface area contributed by atoms with Crippen LogP contribution in [0.4, 0.5) is 0 Å². The maximum absolute atomic E-state index is 12.8. The number of H-pyrrole nitrogens is 1. The highest BCUT2D eigenvalue weighted by Gasteiger charge is 2.28. The van der Waals surface area contributed by atoms with Gasteiger partial charge in [0.15, 0.2) is 0 Å². The number of amides is 3. The van der Waals surface area contributed by atoms with Crippen LogP contribution in [0.3, 0.4) is 0 Å². The summed E-state index contributed by atoms with van der Waals surface area (Å²) in [5.74, 6) is -2.54. The second-order valence-electron chi connectivity index (χ2n) is 7.32. The van der Waals surface area contributed by atoms with Crippen LogP contribution in [-0.4, -0.2) is 81.5 Å². The molecule has 0 unspecified atom stereocenters. The molecule has 1 aromatic rings. The maximum Gasteiger partial charge on any atom is 0.326 e. The lowest BCUT2D eigenvalue weighted by molar-refractivity contribution is -0.142. The van der Waals surface area contributed by atoms with E-state index in [9.17, 15) is 24.3 Å². The molecule has 0 fully saturated rings. The predicted octanol–water partition coefficient (Wildman–Crippen LogP) is -1.67. The molecule has 9 N–H and O–H groups in total.